The first-order valence-corrected chi connectivity index (χ1v) is 13.2. The van der Waals surface area contributed by atoms with E-state index >= 15 is 0 Å². The molecule has 8 rings (SSSR count). The average molecular weight is 498 g/mol. The monoisotopic (exact) mass is 497 g/mol. The molecule has 0 N–H and O–H groups in total. The molecule has 0 aliphatic heterocycles. The van der Waals surface area contributed by atoms with Crippen LogP contribution in [0.3, 0.4) is 0 Å². The summed E-state index contributed by atoms with van der Waals surface area (Å²) in [5.41, 5.74) is 7.51. The fraction of sp³-hybridized carbons (Fsp3) is 0. The van der Waals surface area contributed by atoms with Gasteiger partial charge in [0.1, 0.15) is 0 Å². The minimum absolute atomic E-state index is 0.677. The minimum Gasteiger partial charge on any atom is -0.277 e. The minimum atomic E-state index is 0.677. The second kappa shape index (κ2) is 8.64. The maximum absolute atomic E-state index is 5.31. The van der Waals surface area contributed by atoms with E-state index in [0.29, 0.717) is 5.95 Å². The molecule has 2 heterocycles. The molecule has 6 aromatic carbocycles. The number of hydrogen-bond donors (Lipinski definition) is 0. The van der Waals surface area contributed by atoms with Crippen molar-refractivity contribution in [3.05, 3.63) is 140 Å². The lowest BCUT2D eigenvalue weighted by Gasteiger charge is -2.13. The van der Waals surface area contributed by atoms with Gasteiger partial charge in [-0.2, -0.15) is 0 Å². The molecule has 0 unspecified atom stereocenters. The van der Waals surface area contributed by atoms with E-state index in [1.54, 1.807) is 0 Å². The summed E-state index contributed by atoms with van der Waals surface area (Å²) in [6, 6.07) is 49.0. The van der Waals surface area contributed by atoms with E-state index in [2.05, 4.69) is 132 Å². The first kappa shape index (κ1) is 21.8. The molecule has 8 aromatic rings. The van der Waals surface area contributed by atoms with Gasteiger partial charge in [-0.1, -0.05) is 121 Å². The molecule has 3 heteroatoms. The number of fused-ring (bicyclic) bond motifs is 6. The molecule has 0 radical (unpaired) electrons. The van der Waals surface area contributed by atoms with Gasteiger partial charge >= 0.3 is 0 Å². The Morgan fingerprint density at radius 3 is 2.03 bits per heavy atom. The lowest BCUT2D eigenvalue weighted by atomic mass is 10.00. The number of hydrogen-bond acceptors (Lipinski definition) is 2. The van der Waals surface area contributed by atoms with Crippen molar-refractivity contribution in [1.29, 1.82) is 0 Å². The smallest absolute Gasteiger partial charge is 0.235 e. The van der Waals surface area contributed by atoms with Gasteiger partial charge in [-0.25, -0.2) is 9.97 Å². The van der Waals surface area contributed by atoms with Gasteiger partial charge in [-0.3, -0.25) is 4.57 Å². The van der Waals surface area contributed by atoms with Crippen molar-refractivity contribution in [2.24, 2.45) is 0 Å². The van der Waals surface area contributed by atoms with Crippen molar-refractivity contribution < 1.29 is 0 Å². The summed E-state index contributed by atoms with van der Waals surface area (Å²) in [4.78, 5) is 10.5. The van der Waals surface area contributed by atoms with E-state index in [9.17, 15) is 0 Å². The van der Waals surface area contributed by atoms with Crippen molar-refractivity contribution >= 4 is 43.5 Å². The van der Waals surface area contributed by atoms with Crippen LogP contribution < -0.4 is 0 Å². The van der Waals surface area contributed by atoms with E-state index in [1.807, 2.05) is 12.1 Å². The zero-order valence-electron chi connectivity index (χ0n) is 21.1. The van der Waals surface area contributed by atoms with E-state index < -0.39 is 0 Å². The van der Waals surface area contributed by atoms with Crippen LogP contribution in [0, 0.1) is 0 Å². The molecule has 39 heavy (non-hydrogen) atoms. The predicted octanol–water partition coefficient (Wildman–Crippen LogP) is 9.21. The van der Waals surface area contributed by atoms with Gasteiger partial charge in [-0.05, 0) is 34.7 Å². The molecular formula is C36H23N3. The second-order valence-corrected chi connectivity index (χ2v) is 9.87. The molecule has 0 fully saturated rings. The summed E-state index contributed by atoms with van der Waals surface area (Å²) in [6.45, 7) is 0. The molecule has 2 aromatic heterocycles. The Morgan fingerprint density at radius 2 is 1.13 bits per heavy atom. The number of aromatic nitrogens is 3. The van der Waals surface area contributed by atoms with Crippen LogP contribution in [0.5, 0.6) is 0 Å². The van der Waals surface area contributed by atoms with Crippen LogP contribution in [0.25, 0.3) is 71.8 Å². The van der Waals surface area contributed by atoms with Crippen molar-refractivity contribution in [3.8, 4) is 28.3 Å². The highest BCUT2D eigenvalue weighted by molar-refractivity contribution is 6.18. The normalized spacial score (nSPS) is 11.6. The molecule has 0 bridgehead atoms. The Labute approximate surface area is 225 Å². The maximum Gasteiger partial charge on any atom is 0.235 e. The number of rotatable bonds is 3. The van der Waals surface area contributed by atoms with Gasteiger partial charge in [0, 0.05) is 27.1 Å². The quantitative estimate of drug-likeness (QED) is 0.244. The van der Waals surface area contributed by atoms with Crippen LogP contribution in [-0.4, -0.2) is 14.5 Å². The zero-order chi connectivity index (χ0) is 25.8. The number of para-hydroxylation sites is 2. The van der Waals surface area contributed by atoms with Gasteiger partial charge in [-0.15, -0.1) is 0 Å². The molecule has 0 amide bonds. The molecular weight excluding hydrogens is 474 g/mol. The summed E-state index contributed by atoms with van der Waals surface area (Å²) >= 11 is 0. The molecule has 0 saturated heterocycles. The second-order valence-electron chi connectivity index (χ2n) is 9.87. The first-order valence-electron chi connectivity index (χ1n) is 13.2. The van der Waals surface area contributed by atoms with E-state index in [1.165, 1.54) is 32.7 Å². The van der Waals surface area contributed by atoms with Crippen LogP contribution in [-0.2, 0) is 0 Å². The topological polar surface area (TPSA) is 30.7 Å². The van der Waals surface area contributed by atoms with Crippen LogP contribution in [0.1, 0.15) is 0 Å². The highest BCUT2D eigenvalue weighted by atomic mass is 15.2. The third-order valence-corrected chi connectivity index (χ3v) is 7.59. The Kier molecular flexibility index (Phi) is 4.82. The Hall–Kier alpha value is -5.28. The van der Waals surface area contributed by atoms with Gasteiger partial charge in [0.05, 0.1) is 22.2 Å². The third-order valence-electron chi connectivity index (χ3n) is 7.59. The van der Waals surface area contributed by atoms with Crippen LogP contribution >= 0.6 is 0 Å². The van der Waals surface area contributed by atoms with Gasteiger partial charge in [0.15, 0.2) is 0 Å². The van der Waals surface area contributed by atoms with Crippen LogP contribution in [0.2, 0.25) is 0 Å². The SMILES string of the molecule is c1ccc(-c2cccc(-c3nc(-n4c5ccccc5c5ccc6ccccc6c54)nc4ccccc34)c2)cc1. The van der Waals surface area contributed by atoms with Crippen LogP contribution in [0.15, 0.2) is 140 Å². The Bertz CT molecular complexity index is 2170. The van der Waals surface area contributed by atoms with Crippen LogP contribution in [0.4, 0.5) is 0 Å². The maximum atomic E-state index is 5.31. The van der Waals surface area contributed by atoms with E-state index in [4.69, 9.17) is 9.97 Å². The highest BCUT2D eigenvalue weighted by Gasteiger charge is 2.18. The van der Waals surface area contributed by atoms with Gasteiger partial charge < -0.3 is 0 Å². The Balaban J connectivity index is 1.46. The predicted molar refractivity (Wildman–Crippen MR) is 162 cm³/mol. The van der Waals surface area contributed by atoms with Gasteiger partial charge in [0.2, 0.25) is 5.95 Å². The summed E-state index contributed by atoms with van der Waals surface area (Å²) in [7, 11) is 0. The van der Waals surface area contributed by atoms with Crippen molar-refractivity contribution in [2.45, 2.75) is 0 Å². The van der Waals surface area contributed by atoms with E-state index in [0.717, 1.165) is 33.2 Å². The average Bonchev–Trinajstić information content (AvgIpc) is 3.36. The summed E-state index contributed by atoms with van der Waals surface area (Å²) < 4.78 is 2.24. The lowest BCUT2D eigenvalue weighted by Crippen LogP contribution is -2.03. The summed E-state index contributed by atoms with van der Waals surface area (Å²) in [5, 5.41) is 5.83. The standard InChI is InChI=1S/C36H23N3/c1-2-11-24(12-3-1)26-14-10-15-27(23-26)34-31-18-6-8-19-32(31)37-36(38-34)39-33-20-9-7-17-29(33)30-22-21-25-13-4-5-16-28(25)35(30)39/h1-23H. The molecule has 182 valence electrons. The number of nitrogens with zero attached hydrogens (tertiary/aromatic N) is 3. The molecule has 0 spiro atoms. The highest BCUT2D eigenvalue weighted by Crippen LogP contribution is 2.37. The largest absolute Gasteiger partial charge is 0.277 e. The fourth-order valence-electron chi connectivity index (χ4n) is 5.80. The number of benzene rings is 6. The molecule has 0 atom stereocenters. The third kappa shape index (κ3) is 3.44. The summed E-state index contributed by atoms with van der Waals surface area (Å²) in [6.07, 6.45) is 0. The zero-order valence-corrected chi connectivity index (χ0v) is 21.1. The first-order chi connectivity index (χ1) is 19.3. The molecule has 3 nitrogen and oxygen atoms in total. The van der Waals surface area contributed by atoms with Crippen molar-refractivity contribution in [2.75, 3.05) is 0 Å². The van der Waals surface area contributed by atoms with E-state index in [-0.39, 0.29) is 0 Å². The van der Waals surface area contributed by atoms with Gasteiger partial charge in [0.25, 0.3) is 0 Å². The van der Waals surface area contributed by atoms with Crippen molar-refractivity contribution in [3.63, 3.8) is 0 Å². The summed E-state index contributed by atoms with van der Waals surface area (Å²) in [5.74, 6) is 0.677. The molecule has 0 aliphatic rings. The Morgan fingerprint density at radius 1 is 0.436 bits per heavy atom. The molecule has 0 saturated carbocycles. The fourth-order valence-corrected chi connectivity index (χ4v) is 5.80. The van der Waals surface area contributed by atoms with Crippen molar-refractivity contribution in [1.82, 2.24) is 14.5 Å². The lowest BCUT2D eigenvalue weighted by molar-refractivity contribution is 1.02. The molecule has 0 aliphatic carbocycles.